The molecule has 9 aromatic rings. The third-order valence-corrected chi connectivity index (χ3v) is 11.1. The second-order valence-electron chi connectivity index (χ2n) is 13.9. The topological polar surface area (TPSA) is 3.24 Å². The van der Waals surface area contributed by atoms with Crippen molar-refractivity contribution in [3.63, 3.8) is 0 Å². The molecule has 0 heterocycles. The van der Waals surface area contributed by atoms with Crippen LogP contribution in [0.1, 0.15) is 0 Å². The van der Waals surface area contributed by atoms with Crippen molar-refractivity contribution >= 4 is 38.6 Å². The number of hydrogen-bond donors (Lipinski definition) is 0. The van der Waals surface area contributed by atoms with Crippen LogP contribution in [-0.4, -0.2) is 0 Å². The summed E-state index contributed by atoms with van der Waals surface area (Å²) < 4.78 is 28.7. The zero-order valence-electron chi connectivity index (χ0n) is 28.4. The van der Waals surface area contributed by atoms with E-state index in [1.807, 2.05) is 36.4 Å². The molecule has 0 N–H and O–H groups in total. The van der Waals surface area contributed by atoms with Crippen LogP contribution in [0.2, 0.25) is 0 Å². The zero-order chi connectivity index (χ0) is 35.2. The molecule has 248 valence electrons. The average Bonchev–Trinajstić information content (AvgIpc) is 3.71. The second-order valence-corrected chi connectivity index (χ2v) is 13.9. The lowest BCUT2D eigenvalue weighted by molar-refractivity contribution is 0.627. The molecule has 11 rings (SSSR count). The van der Waals surface area contributed by atoms with Gasteiger partial charge in [0.1, 0.15) is 11.6 Å². The third-order valence-electron chi connectivity index (χ3n) is 11.1. The third kappa shape index (κ3) is 4.34. The molecule has 0 spiro atoms. The molecule has 1 nitrogen and oxygen atoms in total. The largest absolute Gasteiger partial charge is 0.310 e. The lowest BCUT2D eigenvalue weighted by Gasteiger charge is -2.26. The lowest BCUT2D eigenvalue weighted by atomic mass is 9.82. The van der Waals surface area contributed by atoms with Gasteiger partial charge in [0.2, 0.25) is 0 Å². The Balaban J connectivity index is 1.19. The molecule has 0 fully saturated rings. The van der Waals surface area contributed by atoms with Gasteiger partial charge in [-0.1, -0.05) is 115 Å². The van der Waals surface area contributed by atoms with Crippen molar-refractivity contribution in [2.45, 2.75) is 0 Å². The standard InChI is InChI=1S/C50H29F2N/c51-32-19-15-30(16-20-32)45-38-13-7-8-14-39(38)46(31-17-21-33(52)22-18-31)50-43-28-26-41-44-29-36(53(34-9-3-1-4-10-34)35-11-5-2-6-12-35)23-24-37(44)40-25-27-42(49(45)50)48(43)47(40)41/h1-29H. The number of halogens is 2. The molecule has 0 amide bonds. The summed E-state index contributed by atoms with van der Waals surface area (Å²) in [5.41, 5.74) is 16.8. The van der Waals surface area contributed by atoms with E-state index < -0.39 is 0 Å². The normalized spacial score (nSPS) is 12.0. The minimum Gasteiger partial charge on any atom is -0.310 e. The van der Waals surface area contributed by atoms with Crippen LogP contribution >= 0.6 is 0 Å². The highest BCUT2D eigenvalue weighted by molar-refractivity contribution is 6.32. The van der Waals surface area contributed by atoms with Crippen LogP contribution in [0.5, 0.6) is 0 Å². The van der Waals surface area contributed by atoms with Gasteiger partial charge in [-0.15, -0.1) is 0 Å². The SMILES string of the molecule is Fc1ccc(-c2c3c(c(-c4ccc(F)cc4)c4ccccc24)-c2ccc4c5c(ccc-3c25)-c2ccc(N(c3ccccc3)c3ccccc3)cc2-4)cc1. The predicted octanol–water partition coefficient (Wildman–Crippen LogP) is 14.4. The highest BCUT2D eigenvalue weighted by Gasteiger charge is 2.34. The Hall–Kier alpha value is -6.84. The van der Waals surface area contributed by atoms with Crippen LogP contribution in [0.25, 0.3) is 88.3 Å². The number of para-hydroxylation sites is 2. The molecule has 53 heavy (non-hydrogen) atoms. The number of fused-ring (bicyclic) bond motifs is 7. The highest BCUT2D eigenvalue weighted by Crippen LogP contribution is 2.61. The maximum atomic E-state index is 14.4. The van der Waals surface area contributed by atoms with Gasteiger partial charge < -0.3 is 4.90 Å². The van der Waals surface area contributed by atoms with Crippen molar-refractivity contribution in [2.75, 3.05) is 4.90 Å². The summed E-state index contributed by atoms with van der Waals surface area (Å²) in [6, 6.07) is 59.1. The van der Waals surface area contributed by atoms with E-state index >= 15 is 0 Å². The molecule has 0 aromatic heterocycles. The number of anilines is 3. The summed E-state index contributed by atoms with van der Waals surface area (Å²) in [6.45, 7) is 0. The van der Waals surface area contributed by atoms with E-state index in [1.54, 1.807) is 24.3 Å². The van der Waals surface area contributed by atoms with Gasteiger partial charge in [-0.3, -0.25) is 0 Å². The van der Waals surface area contributed by atoms with Crippen molar-refractivity contribution in [1.82, 2.24) is 0 Å². The Kier molecular flexibility index (Phi) is 6.38. The number of rotatable bonds is 5. The van der Waals surface area contributed by atoms with Crippen molar-refractivity contribution in [1.29, 1.82) is 0 Å². The molecule has 0 bridgehead atoms. The van der Waals surface area contributed by atoms with E-state index in [4.69, 9.17) is 0 Å². The Morgan fingerprint density at radius 1 is 0.302 bits per heavy atom. The summed E-state index contributed by atoms with van der Waals surface area (Å²) in [4.78, 5) is 2.31. The first-order valence-corrected chi connectivity index (χ1v) is 17.9. The van der Waals surface area contributed by atoms with Gasteiger partial charge in [0.15, 0.2) is 0 Å². The van der Waals surface area contributed by atoms with Crippen LogP contribution in [-0.2, 0) is 0 Å². The average molecular weight is 682 g/mol. The zero-order valence-corrected chi connectivity index (χ0v) is 28.4. The van der Waals surface area contributed by atoms with E-state index in [9.17, 15) is 8.78 Å². The molecule has 9 aromatic carbocycles. The van der Waals surface area contributed by atoms with E-state index in [0.717, 1.165) is 72.3 Å². The van der Waals surface area contributed by atoms with Crippen LogP contribution in [0.15, 0.2) is 176 Å². The Morgan fingerprint density at radius 3 is 1.23 bits per heavy atom. The highest BCUT2D eigenvalue weighted by atomic mass is 19.1. The first kappa shape index (κ1) is 29.8. The van der Waals surface area contributed by atoms with Crippen molar-refractivity contribution in [3.8, 4) is 66.8 Å². The lowest BCUT2D eigenvalue weighted by Crippen LogP contribution is -2.09. The van der Waals surface area contributed by atoms with Gasteiger partial charge in [-0.25, -0.2) is 8.78 Å². The summed E-state index contributed by atoms with van der Waals surface area (Å²) in [5, 5.41) is 4.62. The first-order valence-electron chi connectivity index (χ1n) is 17.9. The molecule has 0 saturated heterocycles. The number of benzene rings is 9. The van der Waals surface area contributed by atoms with Crippen molar-refractivity contribution in [3.05, 3.63) is 188 Å². The van der Waals surface area contributed by atoms with Gasteiger partial charge >= 0.3 is 0 Å². The summed E-state index contributed by atoms with van der Waals surface area (Å²) in [7, 11) is 0. The maximum Gasteiger partial charge on any atom is 0.123 e. The Morgan fingerprint density at radius 2 is 0.717 bits per heavy atom. The Labute approximate surface area is 305 Å². The van der Waals surface area contributed by atoms with Gasteiger partial charge in [0, 0.05) is 17.1 Å². The molecule has 2 aliphatic rings. The van der Waals surface area contributed by atoms with Crippen molar-refractivity contribution < 1.29 is 8.78 Å². The van der Waals surface area contributed by atoms with E-state index in [0.29, 0.717) is 0 Å². The second kappa shape index (κ2) is 11.3. The number of nitrogens with zero attached hydrogens (tertiary/aromatic N) is 1. The minimum atomic E-state index is -0.265. The predicted molar refractivity (Wildman–Crippen MR) is 216 cm³/mol. The minimum absolute atomic E-state index is 0.265. The van der Waals surface area contributed by atoms with E-state index in [-0.39, 0.29) is 11.6 Å². The van der Waals surface area contributed by atoms with E-state index in [1.165, 1.54) is 33.0 Å². The summed E-state index contributed by atoms with van der Waals surface area (Å²) >= 11 is 0. The van der Waals surface area contributed by atoms with E-state index in [2.05, 4.69) is 120 Å². The molecule has 0 radical (unpaired) electrons. The summed E-state index contributed by atoms with van der Waals surface area (Å²) in [6.07, 6.45) is 0. The van der Waals surface area contributed by atoms with Crippen LogP contribution in [0.4, 0.5) is 25.8 Å². The fraction of sp³-hybridized carbons (Fsp3) is 0. The van der Waals surface area contributed by atoms with Gasteiger partial charge in [0.05, 0.1) is 0 Å². The molecule has 0 saturated carbocycles. The Bertz CT molecular complexity index is 2790. The number of hydrogen-bond acceptors (Lipinski definition) is 1. The van der Waals surface area contributed by atoms with Gasteiger partial charge in [-0.05, 0) is 149 Å². The van der Waals surface area contributed by atoms with Crippen LogP contribution in [0, 0.1) is 11.6 Å². The molecule has 0 atom stereocenters. The van der Waals surface area contributed by atoms with Crippen LogP contribution in [0.3, 0.4) is 0 Å². The van der Waals surface area contributed by atoms with Crippen LogP contribution < -0.4 is 4.90 Å². The van der Waals surface area contributed by atoms with Gasteiger partial charge in [0.25, 0.3) is 0 Å². The quantitative estimate of drug-likeness (QED) is 0.175. The molecule has 2 aliphatic carbocycles. The summed E-state index contributed by atoms with van der Waals surface area (Å²) in [5.74, 6) is -0.531. The molecule has 3 heteroatoms. The molecular weight excluding hydrogens is 653 g/mol. The van der Waals surface area contributed by atoms with Gasteiger partial charge in [-0.2, -0.15) is 0 Å². The fourth-order valence-electron chi connectivity index (χ4n) is 8.90. The smallest absolute Gasteiger partial charge is 0.123 e. The fourth-order valence-corrected chi connectivity index (χ4v) is 8.90. The molecule has 0 unspecified atom stereocenters. The van der Waals surface area contributed by atoms with Crippen molar-refractivity contribution in [2.24, 2.45) is 0 Å². The molecule has 0 aliphatic heterocycles. The molecular formula is C50H29F2N. The first-order chi connectivity index (χ1) is 26.1. The monoisotopic (exact) mass is 681 g/mol. The maximum absolute atomic E-state index is 14.4.